The standard InChI is InChI=1S/C20H20F3N5O4/c1-27(2)17(30)10-15(12-5-7-13(8-6-12)32-20(21,22)23)26-19(31)28-11-16(29)25-14-4-3-9-24-18(14)28/h3-9,15H,10-11H2,1-2H3,(H,25,29)(H,26,31). The van der Waals surface area contributed by atoms with Crippen LogP contribution in [0, 0.1) is 0 Å². The van der Waals surface area contributed by atoms with Crippen LogP contribution in [0.2, 0.25) is 0 Å². The van der Waals surface area contributed by atoms with Crippen LogP contribution < -0.4 is 20.3 Å². The van der Waals surface area contributed by atoms with E-state index in [2.05, 4.69) is 20.4 Å². The minimum Gasteiger partial charge on any atom is -0.406 e. The van der Waals surface area contributed by atoms with Gasteiger partial charge in [0.25, 0.3) is 0 Å². The molecule has 1 aliphatic rings. The number of nitrogens with one attached hydrogen (secondary N) is 2. The van der Waals surface area contributed by atoms with E-state index < -0.39 is 30.1 Å². The summed E-state index contributed by atoms with van der Waals surface area (Å²) in [5.74, 6) is -0.941. The van der Waals surface area contributed by atoms with Gasteiger partial charge in [-0.2, -0.15) is 0 Å². The second-order valence-corrected chi connectivity index (χ2v) is 7.12. The number of hydrogen-bond donors (Lipinski definition) is 2. The van der Waals surface area contributed by atoms with Crippen molar-refractivity contribution in [3.05, 3.63) is 48.2 Å². The van der Waals surface area contributed by atoms with Crippen molar-refractivity contribution < 1.29 is 32.3 Å². The number of nitrogens with zero attached hydrogens (tertiary/aromatic N) is 3. The molecule has 0 spiro atoms. The molecule has 1 atom stereocenters. The first kappa shape index (κ1) is 22.8. The van der Waals surface area contributed by atoms with Gasteiger partial charge in [-0.3, -0.25) is 14.5 Å². The quantitative estimate of drug-likeness (QED) is 0.728. The second kappa shape index (κ2) is 9.12. The highest BCUT2D eigenvalue weighted by atomic mass is 19.4. The lowest BCUT2D eigenvalue weighted by atomic mass is 10.0. The fraction of sp³-hybridized carbons (Fsp3) is 0.300. The van der Waals surface area contributed by atoms with Gasteiger partial charge in [0.2, 0.25) is 11.8 Å². The predicted molar refractivity (Wildman–Crippen MR) is 108 cm³/mol. The number of carbonyl (C=O) groups excluding carboxylic acids is 3. The number of urea groups is 1. The molecule has 4 amide bonds. The molecule has 1 aliphatic heterocycles. The number of amides is 4. The Hall–Kier alpha value is -3.83. The fourth-order valence-electron chi connectivity index (χ4n) is 3.02. The molecule has 32 heavy (non-hydrogen) atoms. The smallest absolute Gasteiger partial charge is 0.406 e. The molecule has 0 saturated carbocycles. The third-order valence-electron chi connectivity index (χ3n) is 4.55. The Labute approximate surface area is 181 Å². The van der Waals surface area contributed by atoms with Gasteiger partial charge in [-0.15, -0.1) is 13.2 Å². The highest BCUT2D eigenvalue weighted by molar-refractivity contribution is 6.08. The number of aromatic nitrogens is 1. The summed E-state index contributed by atoms with van der Waals surface area (Å²) in [6, 6.07) is 6.45. The van der Waals surface area contributed by atoms with E-state index in [0.717, 1.165) is 17.0 Å². The molecule has 170 valence electrons. The van der Waals surface area contributed by atoms with Gasteiger partial charge >= 0.3 is 12.4 Å². The lowest BCUT2D eigenvalue weighted by Crippen LogP contribution is -2.49. The zero-order chi connectivity index (χ0) is 23.5. The summed E-state index contributed by atoms with van der Waals surface area (Å²) in [6.07, 6.45) is -3.54. The summed E-state index contributed by atoms with van der Waals surface area (Å²) in [5, 5.41) is 5.29. The Kier molecular flexibility index (Phi) is 6.51. The molecule has 1 aromatic heterocycles. The van der Waals surface area contributed by atoms with E-state index in [1.165, 1.54) is 37.3 Å². The van der Waals surface area contributed by atoms with Crippen molar-refractivity contribution in [2.75, 3.05) is 30.9 Å². The number of ether oxygens (including phenoxy) is 1. The number of benzene rings is 1. The molecule has 2 aromatic rings. The van der Waals surface area contributed by atoms with Crippen molar-refractivity contribution in [1.82, 2.24) is 15.2 Å². The van der Waals surface area contributed by atoms with Gasteiger partial charge in [0.15, 0.2) is 5.82 Å². The van der Waals surface area contributed by atoms with Crippen LogP contribution in [-0.2, 0) is 9.59 Å². The van der Waals surface area contributed by atoms with Gasteiger partial charge in [0.05, 0.1) is 18.2 Å². The molecule has 2 N–H and O–H groups in total. The second-order valence-electron chi connectivity index (χ2n) is 7.12. The highest BCUT2D eigenvalue weighted by Crippen LogP contribution is 2.28. The average molecular weight is 451 g/mol. The minimum atomic E-state index is -4.84. The molecular weight excluding hydrogens is 431 g/mol. The van der Waals surface area contributed by atoms with Gasteiger partial charge in [0, 0.05) is 20.3 Å². The SMILES string of the molecule is CN(C)C(=O)CC(NC(=O)N1CC(=O)Nc2cccnc21)c1ccc(OC(F)(F)F)cc1. The van der Waals surface area contributed by atoms with Crippen molar-refractivity contribution in [1.29, 1.82) is 0 Å². The molecule has 1 aromatic carbocycles. The van der Waals surface area contributed by atoms with Crippen LogP contribution in [0.4, 0.5) is 29.5 Å². The van der Waals surface area contributed by atoms with Crippen LogP contribution in [0.25, 0.3) is 0 Å². The van der Waals surface area contributed by atoms with Crippen molar-refractivity contribution in [2.24, 2.45) is 0 Å². The van der Waals surface area contributed by atoms with Crippen molar-refractivity contribution >= 4 is 29.4 Å². The monoisotopic (exact) mass is 451 g/mol. The molecular formula is C20H20F3N5O4. The van der Waals surface area contributed by atoms with Gasteiger partial charge < -0.3 is 20.3 Å². The maximum absolute atomic E-state index is 13.0. The number of halogens is 3. The predicted octanol–water partition coefficient (Wildman–Crippen LogP) is 2.67. The topological polar surface area (TPSA) is 104 Å². The zero-order valence-corrected chi connectivity index (χ0v) is 17.1. The van der Waals surface area contributed by atoms with Crippen LogP contribution in [0.15, 0.2) is 42.6 Å². The number of carbonyl (C=O) groups is 3. The number of anilines is 2. The van der Waals surface area contributed by atoms with Crippen LogP contribution in [-0.4, -0.2) is 54.7 Å². The Morgan fingerprint density at radius 2 is 1.94 bits per heavy atom. The number of alkyl halides is 3. The Balaban J connectivity index is 1.84. The Morgan fingerprint density at radius 1 is 1.25 bits per heavy atom. The maximum atomic E-state index is 13.0. The van der Waals surface area contributed by atoms with Gasteiger partial charge in [-0.1, -0.05) is 12.1 Å². The number of rotatable bonds is 5. The molecule has 0 radical (unpaired) electrons. The number of pyridine rings is 1. The van der Waals surface area contributed by atoms with Crippen molar-refractivity contribution in [3.63, 3.8) is 0 Å². The normalized spacial score (nSPS) is 14.2. The zero-order valence-electron chi connectivity index (χ0n) is 17.1. The summed E-state index contributed by atoms with van der Waals surface area (Å²) >= 11 is 0. The van der Waals surface area contributed by atoms with Gasteiger partial charge in [-0.25, -0.2) is 9.78 Å². The Morgan fingerprint density at radius 3 is 2.56 bits per heavy atom. The van der Waals surface area contributed by atoms with E-state index in [1.807, 2.05) is 0 Å². The molecule has 0 aliphatic carbocycles. The lowest BCUT2D eigenvalue weighted by molar-refractivity contribution is -0.274. The van der Waals surface area contributed by atoms with E-state index in [0.29, 0.717) is 11.3 Å². The summed E-state index contributed by atoms with van der Waals surface area (Å²) in [4.78, 5) is 43.9. The minimum absolute atomic E-state index is 0.159. The number of hydrogen-bond acceptors (Lipinski definition) is 5. The molecule has 0 bridgehead atoms. The van der Waals surface area contributed by atoms with Crippen LogP contribution in [0.5, 0.6) is 5.75 Å². The molecule has 12 heteroatoms. The number of fused-ring (bicyclic) bond motifs is 1. The summed E-state index contributed by atoms with van der Waals surface area (Å²) < 4.78 is 41.1. The summed E-state index contributed by atoms with van der Waals surface area (Å²) in [5.41, 5.74) is 0.735. The van der Waals surface area contributed by atoms with Gasteiger partial charge in [0.1, 0.15) is 12.3 Å². The molecule has 0 saturated heterocycles. The maximum Gasteiger partial charge on any atom is 0.573 e. The highest BCUT2D eigenvalue weighted by Gasteiger charge is 2.32. The van der Waals surface area contributed by atoms with E-state index in [4.69, 9.17) is 0 Å². The van der Waals surface area contributed by atoms with E-state index in [1.54, 1.807) is 12.1 Å². The van der Waals surface area contributed by atoms with Crippen molar-refractivity contribution in [3.8, 4) is 5.75 Å². The van der Waals surface area contributed by atoms with Crippen LogP contribution in [0.1, 0.15) is 18.0 Å². The van der Waals surface area contributed by atoms with E-state index in [-0.39, 0.29) is 24.7 Å². The molecule has 0 fully saturated rings. The van der Waals surface area contributed by atoms with E-state index in [9.17, 15) is 27.6 Å². The first-order chi connectivity index (χ1) is 15.0. The Bertz CT molecular complexity index is 1010. The summed E-state index contributed by atoms with van der Waals surface area (Å²) in [6.45, 7) is -0.289. The molecule has 1 unspecified atom stereocenters. The first-order valence-electron chi connectivity index (χ1n) is 9.42. The lowest BCUT2D eigenvalue weighted by Gasteiger charge is -2.30. The van der Waals surface area contributed by atoms with E-state index >= 15 is 0 Å². The summed E-state index contributed by atoms with van der Waals surface area (Å²) in [7, 11) is 3.08. The van der Waals surface area contributed by atoms with Gasteiger partial charge in [-0.05, 0) is 29.8 Å². The first-order valence-corrected chi connectivity index (χ1v) is 9.42. The van der Waals surface area contributed by atoms with Crippen molar-refractivity contribution in [2.45, 2.75) is 18.8 Å². The largest absolute Gasteiger partial charge is 0.573 e. The average Bonchev–Trinajstić information content (AvgIpc) is 2.71. The molecule has 3 rings (SSSR count). The molecule has 2 heterocycles. The third kappa shape index (κ3) is 5.65. The van der Waals surface area contributed by atoms with Crippen LogP contribution >= 0.6 is 0 Å². The molecule has 9 nitrogen and oxygen atoms in total. The third-order valence-corrected chi connectivity index (χ3v) is 4.55. The fourth-order valence-corrected chi connectivity index (χ4v) is 3.02. The van der Waals surface area contributed by atoms with Crippen LogP contribution in [0.3, 0.4) is 0 Å².